The van der Waals surface area contributed by atoms with Gasteiger partial charge in [0.05, 0.1) is 11.0 Å². The molecule has 0 saturated carbocycles. The fourth-order valence-electron chi connectivity index (χ4n) is 3.12. The largest absolute Gasteiger partial charge is 0.338 e. The van der Waals surface area contributed by atoms with Gasteiger partial charge in [-0.1, -0.05) is 56.3 Å². The van der Waals surface area contributed by atoms with Gasteiger partial charge in [0.2, 0.25) is 0 Å². The van der Waals surface area contributed by atoms with E-state index in [4.69, 9.17) is 0 Å². The molecule has 2 heterocycles. The van der Waals surface area contributed by atoms with Gasteiger partial charge >= 0.3 is 0 Å². The van der Waals surface area contributed by atoms with Gasteiger partial charge in [-0.05, 0) is 43.5 Å². The molecule has 2 aromatic carbocycles. The van der Waals surface area contributed by atoms with Crippen LogP contribution in [0.4, 0.5) is 0 Å². The predicted molar refractivity (Wildman–Crippen MR) is 97.3 cm³/mol. The molecule has 1 aliphatic rings. The summed E-state index contributed by atoms with van der Waals surface area (Å²) in [7, 11) is 0. The Hall–Kier alpha value is -2.13. The molecule has 120 valence electrons. The van der Waals surface area contributed by atoms with E-state index in [0.717, 1.165) is 34.3 Å². The summed E-state index contributed by atoms with van der Waals surface area (Å²) in [6.07, 6.45) is 1.41. The average molecular weight is 307 g/mol. The fraction of sp³-hybridized carbons (Fsp3) is 0.350. The first kappa shape index (κ1) is 15.8. The van der Waals surface area contributed by atoms with Gasteiger partial charge in [-0.3, -0.25) is 0 Å². The van der Waals surface area contributed by atoms with E-state index >= 15 is 0 Å². The zero-order valence-corrected chi connectivity index (χ0v) is 13.9. The molecule has 0 aliphatic carbocycles. The van der Waals surface area contributed by atoms with Crippen LogP contribution in [-0.4, -0.2) is 23.1 Å². The van der Waals surface area contributed by atoms with Crippen LogP contribution in [0.2, 0.25) is 0 Å². The molecule has 2 atom stereocenters. The Labute approximate surface area is 138 Å². The number of hydrogen-bond acceptors (Lipinski definition) is 2. The molecule has 3 aromatic rings. The smallest absolute Gasteiger partial charge is 0.138 e. The Morgan fingerprint density at radius 1 is 0.870 bits per heavy atom. The number of rotatable bonds is 1. The van der Waals surface area contributed by atoms with E-state index in [1.165, 1.54) is 19.5 Å². The van der Waals surface area contributed by atoms with Crippen LogP contribution in [0.1, 0.15) is 20.3 Å². The molecule has 1 aromatic heterocycles. The average Bonchev–Trinajstić information content (AvgIpc) is 3.00. The van der Waals surface area contributed by atoms with Crippen molar-refractivity contribution in [2.45, 2.75) is 20.3 Å². The van der Waals surface area contributed by atoms with Crippen molar-refractivity contribution in [3.63, 3.8) is 0 Å². The van der Waals surface area contributed by atoms with Crippen molar-refractivity contribution >= 4 is 11.0 Å². The lowest BCUT2D eigenvalue weighted by Gasteiger charge is -2.24. The van der Waals surface area contributed by atoms with Crippen molar-refractivity contribution in [2.24, 2.45) is 11.8 Å². The van der Waals surface area contributed by atoms with Crippen molar-refractivity contribution in [1.82, 2.24) is 15.3 Å². The first-order valence-electron chi connectivity index (χ1n) is 8.43. The molecule has 4 rings (SSSR count). The molecule has 1 saturated heterocycles. The van der Waals surface area contributed by atoms with Gasteiger partial charge < -0.3 is 10.3 Å². The van der Waals surface area contributed by atoms with Gasteiger partial charge in [0, 0.05) is 5.56 Å². The highest BCUT2D eigenvalue weighted by atomic mass is 14.9. The lowest BCUT2D eigenvalue weighted by Crippen LogP contribution is -2.33. The number of aromatic amines is 1. The number of aromatic nitrogens is 2. The van der Waals surface area contributed by atoms with Gasteiger partial charge in [-0.2, -0.15) is 0 Å². The molecule has 2 unspecified atom stereocenters. The lowest BCUT2D eigenvalue weighted by molar-refractivity contribution is 0.321. The van der Waals surface area contributed by atoms with Crippen LogP contribution in [-0.2, 0) is 0 Å². The van der Waals surface area contributed by atoms with Crippen LogP contribution < -0.4 is 5.32 Å². The molecule has 0 spiro atoms. The molecule has 0 amide bonds. The van der Waals surface area contributed by atoms with Crippen LogP contribution in [0.15, 0.2) is 54.6 Å². The number of nitrogens with zero attached hydrogens (tertiary/aromatic N) is 1. The number of para-hydroxylation sites is 2. The van der Waals surface area contributed by atoms with Crippen molar-refractivity contribution in [3.05, 3.63) is 54.6 Å². The molecule has 2 N–H and O–H groups in total. The minimum atomic E-state index is 0.902. The lowest BCUT2D eigenvalue weighted by atomic mass is 9.94. The van der Waals surface area contributed by atoms with Crippen molar-refractivity contribution in [3.8, 4) is 11.4 Å². The fourth-order valence-corrected chi connectivity index (χ4v) is 3.12. The van der Waals surface area contributed by atoms with Crippen LogP contribution in [0.25, 0.3) is 22.4 Å². The first-order chi connectivity index (χ1) is 11.2. The third kappa shape index (κ3) is 4.20. The van der Waals surface area contributed by atoms with E-state index in [-0.39, 0.29) is 0 Å². The number of benzene rings is 2. The quantitative estimate of drug-likeness (QED) is 0.696. The molecule has 3 nitrogen and oxygen atoms in total. The Bertz CT molecular complexity index is 692. The van der Waals surface area contributed by atoms with E-state index in [1.54, 1.807) is 0 Å². The Morgan fingerprint density at radius 2 is 1.52 bits per heavy atom. The normalized spacial score (nSPS) is 20.8. The van der Waals surface area contributed by atoms with Crippen LogP contribution >= 0.6 is 0 Å². The molecule has 0 radical (unpaired) electrons. The topological polar surface area (TPSA) is 40.7 Å². The van der Waals surface area contributed by atoms with E-state index < -0.39 is 0 Å². The van der Waals surface area contributed by atoms with Gasteiger partial charge in [-0.15, -0.1) is 0 Å². The molecule has 1 fully saturated rings. The van der Waals surface area contributed by atoms with E-state index in [2.05, 4.69) is 41.3 Å². The summed E-state index contributed by atoms with van der Waals surface area (Å²) in [5, 5.41) is 3.38. The van der Waals surface area contributed by atoms with Crippen molar-refractivity contribution < 1.29 is 0 Å². The van der Waals surface area contributed by atoms with E-state index in [0.29, 0.717) is 0 Å². The first-order valence-corrected chi connectivity index (χ1v) is 8.43. The molecular weight excluding hydrogens is 282 g/mol. The standard InChI is InChI=1S/C13H10N2.C7H15N/c1-2-6-10(7-3-1)13-14-11-8-4-5-9-12(11)15-13;1-6-3-7(2)5-8-4-6/h1-9H,(H,14,15);6-8H,3-5H2,1-2H3. The maximum atomic E-state index is 4.53. The highest BCUT2D eigenvalue weighted by molar-refractivity contribution is 5.79. The molecule has 23 heavy (non-hydrogen) atoms. The van der Waals surface area contributed by atoms with Gasteiger partial charge in [0.15, 0.2) is 0 Å². The number of hydrogen-bond donors (Lipinski definition) is 2. The second-order valence-corrected chi connectivity index (χ2v) is 6.57. The zero-order valence-electron chi connectivity index (χ0n) is 13.9. The SMILES string of the molecule is CC1CNCC(C)C1.c1ccc(-c2nc3ccccc3[nH]2)cc1. The maximum absolute atomic E-state index is 4.53. The number of nitrogens with one attached hydrogen (secondary N) is 2. The second-order valence-electron chi connectivity index (χ2n) is 6.57. The summed E-state index contributed by atoms with van der Waals surface area (Å²) in [5.74, 6) is 2.73. The molecular formula is C20H25N3. The maximum Gasteiger partial charge on any atom is 0.138 e. The highest BCUT2D eigenvalue weighted by Gasteiger charge is 2.12. The van der Waals surface area contributed by atoms with Crippen LogP contribution in [0, 0.1) is 11.8 Å². The van der Waals surface area contributed by atoms with Crippen molar-refractivity contribution in [2.75, 3.05) is 13.1 Å². The van der Waals surface area contributed by atoms with Crippen molar-refractivity contribution in [1.29, 1.82) is 0 Å². The summed E-state index contributed by atoms with van der Waals surface area (Å²) in [6.45, 7) is 7.07. The number of piperidine rings is 1. The monoisotopic (exact) mass is 307 g/mol. The van der Waals surface area contributed by atoms with Gasteiger partial charge in [-0.25, -0.2) is 4.98 Å². The highest BCUT2D eigenvalue weighted by Crippen LogP contribution is 2.19. The van der Waals surface area contributed by atoms with E-state index in [9.17, 15) is 0 Å². The summed E-state index contributed by atoms with van der Waals surface area (Å²) in [6, 6.07) is 18.2. The summed E-state index contributed by atoms with van der Waals surface area (Å²) < 4.78 is 0. The molecule has 0 bridgehead atoms. The van der Waals surface area contributed by atoms with Gasteiger partial charge in [0.1, 0.15) is 5.82 Å². The Morgan fingerprint density at radius 3 is 2.13 bits per heavy atom. The third-order valence-corrected chi connectivity index (χ3v) is 4.23. The van der Waals surface area contributed by atoms with E-state index in [1.807, 2.05) is 42.5 Å². The Balaban J connectivity index is 0.000000166. The summed E-state index contributed by atoms with van der Waals surface area (Å²) >= 11 is 0. The molecule has 3 heteroatoms. The summed E-state index contributed by atoms with van der Waals surface area (Å²) in [5.41, 5.74) is 3.21. The van der Waals surface area contributed by atoms with Crippen LogP contribution in [0.5, 0.6) is 0 Å². The number of imidazole rings is 1. The second kappa shape index (κ2) is 7.42. The number of H-pyrrole nitrogens is 1. The zero-order chi connectivity index (χ0) is 16.1. The summed E-state index contributed by atoms with van der Waals surface area (Å²) in [4.78, 5) is 7.83. The Kier molecular flexibility index (Phi) is 5.09. The van der Waals surface area contributed by atoms with Crippen LogP contribution in [0.3, 0.4) is 0 Å². The predicted octanol–water partition coefficient (Wildman–Crippen LogP) is 4.48. The van der Waals surface area contributed by atoms with Gasteiger partial charge in [0.25, 0.3) is 0 Å². The number of fused-ring (bicyclic) bond motifs is 1. The molecule has 1 aliphatic heterocycles. The third-order valence-electron chi connectivity index (χ3n) is 4.23. The minimum absolute atomic E-state index is 0.902. The minimum Gasteiger partial charge on any atom is -0.338 e.